The lowest BCUT2D eigenvalue weighted by Crippen LogP contribution is -2.25. The summed E-state index contributed by atoms with van der Waals surface area (Å²) in [5, 5.41) is 5.39. The van der Waals surface area contributed by atoms with Gasteiger partial charge in [-0.2, -0.15) is 0 Å². The standard InChI is InChI=1S/C26H31ClFN3/c1-4-31(5-2)16-6-7-19(3)29-26-18-23(14-10-20-8-12-22(28)13-9-20)30-25-17-21(27)11-15-24(25)26/h8-15,17-19H,4-7,16H2,1-3H3,(H,29,30)/b14-10+. The fourth-order valence-electron chi connectivity index (χ4n) is 3.68. The highest BCUT2D eigenvalue weighted by Gasteiger charge is 2.10. The van der Waals surface area contributed by atoms with E-state index in [1.54, 1.807) is 12.1 Å². The number of hydrogen-bond donors (Lipinski definition) is 1. The fourth-order valence-corrected chi connectivity index (χ4v) is 3.85. The quantitative estimate of drug-likeness (QED) is 0.364. The van der Waals surface area contributed by atoms with E-state index in [1.165, 1.54) is 12.1 Å². The van der Waals surface area contributed by atoms with Gasteiger partial charge in [0.2, 0.25) is 0 Å². The second-order valence-electron chi connectivity index (χ2n) is 7.86. The number of hydrogen-bond acceptors (Lipinski definition) is 3. The third-order valence-corrected chi connectivity index (χ3v) is 5.75. The number of nitrogens with zero attached hydrogens (tertiary/aromatic N) is 2. The van der Waals surface area contributed by atoms with Gasteiger partial charge in [-0.05, 0) is 87.4 Å². The lowest BCUT2D eigenvalue weighted by atomic mass is 10.1. The van der Waals surface area contributed by atoms with E-state index in [0.29, 0.717) is 11.1 Å². The monoisotopic (exact) mass is 439 g/mol. The second kappa shape index (κ2) is 11.3. The van der Waals surface area contributed by atoms with Crippen molar-refractivity contribution in [1.29, 1.82) is 0 Å². The average Bonchev–Trinajstić information content (AvgIpc) is 2.76. The first-order valence-corrected chi connectivity index (χ1v) is 11.4. The van der Waals surface area contributed by atoms with Crippen LogP contribution >= 0.6 is 11.6 Å². The molecule has 0 saturated carbocycles. The van der Waals surface area contributed by atoms with Gasteiger partial charge in [0.1, 0.15) is 5.82 Å². The Kier molecular flexibility index (Phi) is 8.44. The molecule has 1 heterocycles. The van der Waals surface area contributed by atoms with E-state index < -0.39 is 0 Å². The van der Waals surface area contributed by atoms with Crippen LogP contribution in [0.1, 0.15) is 44.9 Å². The average molecular weight is 440 g/mol. The van der Waals surface area contributed by atoms with E-state index in [0.717, 1.165) is 60.3 Å². The highest BCUT2D eigenvalue weighted by Crippen LogP contribution is 2.28. The van der Waals surface area contributed by atoms with Crippen LogP contribution in [-0.2, 0) is 0 Å². The molecule has 2 aromatic carbocycles. The molecule has 0 aliphatic carbocycles. The summed E-state index contributed by atoms with van der Waals surface area (Å²) in [5.41, 5.74) is 3.66. The summed E-state index contributed by atoms with van der Waals surface area (Å²) in [6.07, 6.45) is 6.13. The van der Waals surface area contributed by atoms with Gasteiger partial charge in [0.05, 0.1) is 11.2 Å². The summed E-state index contributed by atoms with van der Waals surface area (Å²) in [6.45, 7) is 9.95. The minimum Gasteiger partial charge on any atom is -0.382 e. The van der Waals surface area contributed by atoms with Crippen LogP contribution in [0, 0.1) is 5.82 Å². The van der Waals surface area contributed by atoms with Crippen molar-refractivity contribution in [3.63, 3.8) is 0 Å². The molecule has 3 nitrogen and oxygen atoms in total. The molecular weight excluding hydrogens is 409 g/mol. The Morgan fingerprint density at radius 1 is 1.06 bits per heavy atom. The van der Waals surface area contributed by atoms with E-state index in [4.69, 9.17) is 16.6 Å². The van der Waals surface area contributed by atoms with Gasteiger partial charge in [-0.1, -0.05) is 43.7 Å². The van der Waals surface area contributed by atoms with Crippen LogP contribution in [0.3, 0.4) is 0 Å². The zero-order valence-corrected chi connectivity index (χ0v) is 19.3. The highest BCUT2D eigenvalue weighted by atomic mass is 35.5. The molecule has 0 spiro atoms. The Bertz CT molecular complexity index is 1010. The second-order valence-corrected chi connectivity index (χ2v) is 8.29. The molecule has 0 amide bonds. The number of pyridine rings is 1. The molecule has 1 N–H and O–H groups in total. The molecule has 1 unspecified atom stereocenters. The normalized spacial score (nSPS) is 12.7. The third-order valence-electron chi connectivity index (χ3n) is 5.52. The number of halogens is 2. The van der Waals surface area contributed by atoms with Crippen molar-refractivity contribution in [2.75, 3.05) is 25.0 Å². The first-order valence-electron chi connectivity index (χ1n) is 11.0. The largest absolute Gasteiger partial charge is 0.382 e. The maximum Gasteiger partial charge on any atom is 0.123 e. The highest BCUT2D eigenvalue weighted by molar-refractivity contribution is 6.31. The first kappa shape index (κ1) is 23.2. The van der Waals surface area contributed by atoms with E-state index in [-0.39, 0.29) is 5.82 Å². The predicted octanol–water partition coefficient (Wildman–Crippen LogP) is 7.12. The molecule has 0 aliphatic rings. The zero-order valence-electron chi connectivity index (χ0n) is 18.5. The van der Waals surface area contributed by atoms with Gasteiger partial charge in [-0.3, -0.25) is 0 Å². The van der Waals surface area contributed by atoms with Gasteiger partial charge in [0.25, 0.3) is 0 Å². The maximum atomic E-state index is 13.1. The van der Waals surface area contributed by atoms with Gasteiger partial charge in [-0.15, -0.1) is 0 Å². The molecule has 0 aliphatic heterocycles. The Morgan fingerprint density at radius 3 is 2.52 bits per heavy atom. The Hall–Kier alpha value is -2.43. The van der Waals surface area contributed by atoms with Gasteiger partial charge in [0.15, 0.2) is 0 Å². The SMILES string of the molecule is CCN(CC)CCCC(C)Nc1cc(/C=C/c2ccc(F)cc2)nc2cc(Cl)ccc12. The molecule has 3 aromatic rings. The summed E-state index contributed by atoms with van der Waals surface area (Å²) in [7, 11) is 0. The van der Waals surface area contributed by atoms with Gasteiger partial charge in [0, 0.05) is 22.1 Å². The number of anilines is 1. The molecule has 0 saturated heterocycles. The van der Waals surface area contributed by atoms with E-state index in [2.05, 4.69) is 37.1 Å². The zero-order chi connectivity index (χ0) is 22.2. The molecular formula is C26H31ClFN3. The minimum absolute atomic E-state index is 0.239. The minimum atomic E-state index is -0.239. The van der Waals surface area contributed by atoms with Crippen LogP contribution in [0.5, 0.6) is 0 Å². The molecule has 0 bridgehead atoms. The molecule has 0 fully saturated rings. The summed E-state index contributed by atoms with van der Waals surface area (Å²) < 4.78 is 13.1. The molecule has 164 valence electrons. The predicted molar refractivity (Wildman–Crippen MR) is 132 cm³/mol. The lowest BCUT2D eigenvalue weighted by Gasteiger charge is -2.21. The number of rotatable bonds is 10. The van der Waals surface area contributed by atoms with E-state index >= 15 is 0 Å². The number of aromatic nitrogens is 1. The van der Waals surface area contributed by atoms with Crippen LogP contribution in [-0.4, -0.2) is 35.6 Å². The molecule has 1 aromatic heterocycles. The van der Waals surface area contributed by atoms with Crippen molar-refractivity contribution in [2.45, 2.75) is 39.7 Å². The number of fused-ring (bicyclic) bond motifs is 1. The fraction of sp³-hybridized carbons (Fsp3) is 0.346. The first-order chi connectivity index (χ1) is 15.0. The molecule has 3 rings (SSSR count). The Balaban J connectivity index is 1.79. The van der Waals surface area contributed by atoms with Crippen molar-refractivity contribution in [1.82, 2.24) is 9.88 Å². The van der Waals surface area contributed by atoms with Crippen LogP contribution in [0.4, 0.5) is 10.1 Å². The van der Waals surface area contributed by atoms with Crippen molar-refractivity contribution in [3.05, 3.63) is 70.6 Å². The molecule has 1 atom stereocenters. The Labute approximate surface area is 189 Å². The van der Waals surface area contributed by atoms with E-state index in [9.17, 15) is 4.39 Å². The van der Waals surface area contributed by atoms with Crippen molar-refractivity contribution < 1.29 is 4.39 Å². The third kappa shape index (κ3) is 6.78. The van der Waals surface area contributed by atoms with Gasteiger partial charge in [-0.25, -0.2) is 9.37 Å². The number of benzene rings is 2. The van der Waals surface area contributed by atoms with Crippen LogP contribution in [0.25, 0.3) is 23.1 Å². The summed E-state index contributed by atoms with van der Waals surface area (Å²) in [4.78, 5) is 7.21. The molecule has 0 radical (unpaired) electrons. The number of nitrogens with one attached hydrogen (secondary N) is 1. The van der Waals surface area contributed by atoms with Crippen LogP contribution in [0.2, 0.25) is 5.02 Å². The lowest BCUT2D eigenvalue weighted by molar-refractivity contribution is 0.295. The molecule has 5 heteroatoms. The smallest absolute Gasteiger partial charge is 0.123 e. The van der Waals surface area contributed by atoms with E-state index in [1.807, 2.05) is 30.4 Å². The van der Waals surface area contributed by atoms with Crippen molar-refractivity contribution >= 4 is 40.3 Å². The summed E-state index contributed by atoms with van der Waals surface area (Å²) >= 11 is 6.22. The van der Waals surface area contributed by atoms with Gasteiger partial charge >= 0.3 is 0 Å². The van der Waals surface area contributed by atoms with Crippen molar-refractivity contribution in [2.24, 2.45) is 0 Å². The van der Waals surface area contributed by atoms with Crippen LogP contribution in [0.15, 0.2) is 48.5 Å². The van der Waals surface area contributed by atoms with Crippen molar-refractivity contribution in [3.8, 4) is 0 Å². The van der Waals surface area contributed by atoms with Gasteiger partial charge < -0.3 is 10.2 Å². The summed E-state index contributed by atoms with van der Waals surface area (Å²) in [6, 6.07) is 14.6. The summed E-state index contributed by atoms with van der Waals surface area (Å²) in [5.74, 6) is -0.239. The van der Waals surface area contributed by atoms with Crippen LogP contribution < -0.4 is 5.32 Å². The molecule has 31 heavy (non-hydrogen) atoms. The Morgan fingerprint density at radius 2 is 1.81 bits per heavy atom. The topological polar surface area (TPSA) is 28.2 Å². The maximum absolute atomic E-state index is 13.1.